The van der Waals surface area contributed by atoms with Gasteiger partial charge in [-0.25, -0.2) is 4.98 Å². The monoisotopic (exact) mass is 379 g/mol. The van der Waals surface area contributed by atoms with E-state index in [0.29, 0.717) is 0 Å². The van der Waals surface area contributed by atoms with Crippen LogP contribution in [-0.2, 0) is 4.79 Å². The number of aryl methyl sites for hydroxylation is 3. The Morgan fingerprint density at radius 3 is 2.93 bits per heavy atom. The summed E-state index contributed by atoms with van der Waals surface area (Å²) in [5.41, 5.74) is 3.18. The first-order valence-corrected chi connectivity index (χ1v) is 10.3. The summed E-state index contributed by atoms with van der Waals surface area (Å²) in [7, 11) is 0. The lowest BCUT2D eigenvalue weighted by molar-refractivity contribution is -0.120. The number of carbonyl (C=O) groups excluding carboxylic acids is 1. The molecule has 3 aromatic rings. The van der Waals surface area contributed by atoms with E-state index in [4.69, 9.17) is 0 Å². The Labute approximate surface area is 164 Å². The Morgan fingerprint density at radius 2 is 2.07 bits per heavy atom. The van der Waals surface area contributed by atoms with Gasteiger partial charge in [0, 0.05) is 39.9 Å². The zero-order valence-electron chi connectivity index (χ0n) is 16.1. The number of anilines is 2. The lowest BCUT2D eigenvalue weighted by atomic mass is 9.96. The van der Waals surface area contributed by atoms with Gasteiger partial charge in [0.25, 0.3) is 0 Å². The minimum Gasteiger partial charge on any atom is -0.355 e. The summed E-state index contributed by atoms with van der Waals surface area (Å²) >= 11 is 1.80. The van der Waals surface area contributed by atoms with E-state index in [1.54, 1.807) is 11.3 Å². The van der Waals surface area contributed by atoms with Crippen LogP contribution in [0.15, 0.2) is 36.5 Å². The van der Waals surface area contributed by atoms with E-state index in [2.05, 4.69) is 46.4 Å². The number of pyridine rings is 1. The Morgan fingerprint density at radius 1 is 1.22 bits per heavy atom. The van der Waals surface area contributed by atoms with Crippen LogP contribution >= 0.6 is 11.3 Å². The van der Waals surface area contributed by atoms with Crippen molar-refractivity contribution in [2.45, 2.75) is 33.6 Å². The van der Waals surface area contributed by atoms with Gasteiger partial charge in [0.05, 0.1) is 5.92 Å². The molecule has 3 heterocycles. The Bertz CT molecular complexity index is 994. The van der Waals surface area contributed by atoms with Gasteiger partial charge in [-0.3, -0.25) is 4.79 Å². The van der Waals surface area contributed by atoms with Gasteiger partial charge in [-0.2, -0.15) is 0 Å². The standard InChI is InChI=1S/C22H25N3OS/c1-14-6-7-15(2)19(11-14)24-22(26)17-5-4-10-25(13-17)21-18-12-16(3)27-20(18)8-9-23-21/h6-9,11-12,17H,4-5,10,13H2,1-3H3,(H,24,26). The molecule has 0 saturated carbocycles. The van der Waals surface area contributed by atoms with Crippen molar-refractivity contribution in [1.82, 2.24) is 4.98 Å². The molecule has 2 aromatic heterocycles. The molecule has 0 radical (unpaired) electrons. The van der Waals surface area contributed by atoms with Crippen LogP contribution < -0.4 is 10.2 Å². The van der Waals surface area contributed by atoms with E-state index in [-0.39, 0.29) is 11.8 Å². The van der Waals surface area contributed by atoms with Crippen LogP contribution in [0, 0.1) is 26.7 Å². The average Bonchev–Trinajstić information content (AvgIpc) is 3.05. The SMILES string of the molecule is Cc1ccc(C)c(NC(=O)C2CCCN(c3nccc4sc(C)cc34)C2)c1. The fourth-order valence-electron chi connectivity index (χ4n) is 3.82. The molecule has 1 aliphatic rings. The number of piperidine rings is 1. The van der Waals surface area contributed by atoms with Crippen LogP contribution in [0.4, 0.5) is 11.5 Å². The summed E-state index contributed by atoms with van der Waals surface area (Å²) in [6.07, 6.45) is 3.81. The Balaban J connectivity index is 1.54. The molecule has 1 saturated heterocycles. The van der Waals surface area contributed by atoms with E-state index in [1.165, 1.54) is 15.0 Å². The fourth-order valence-corrected chi connectivity index (χ4v) is 4.73. The highest BCUT2D eigenvalue weighted by Gasteiger charge is 2.27. The second-order valence-corrected chi connectivity index (χ2v) is 8.78. The fraction of sp³-hybridized carbons (Fsp3) is 0.364. The number of carbonyl (C=O) groups is 1. The number of hydrogen-bond donors (Lipinski definition) is 1. The van der Waals surface area contributed by atoms with Gasteiger partial charge >= 0.3 is 0 Å². The van der Waals surface area contributed by atoms with Crippen molar-refractivity contribution in [1.29, 1.82) is 0 Å². The maximum absolute atomic E-state index is 12.9. The van der Waals surface area contributed by atoms with Crippen molar-refractivity contribution < 1.29 is 4.79 Å². The quantitative estimate of drug-likeness (QED) is 0.690. The molecular formula is C22H25N3OS. The molecule has 1 amide bonds. The lowest BCUT2D eigenvalue weighted by Gasteiger charge is -2.33. The summed E-state index contributed by atoms with van der Waals surface area (Å²) in [4.78, 5) is 21.1. The van der Waals surface area contributed by atoms with Crippen molar-refractivity contribution in [3.8, 4) is 0 Å². The molecule has 1 N–H and O–H groups in total. The third kappa shape index (κ3) is 3.69. The van der Waals surface area contributed by atoms with Crippen molar-refractivity contribution in [3.63, 3.8) is 0 Å². The second-order valence-electron chi connectivity index (χ2n) is 7.50. The van der Waals surface area contributed by atoms with Crippen LogP contribution in [0.2, 0.25) is 0 Å². The predicted molar refractivity (Wildman–Crippen MR) is 114 cm³/mol. The summed E-state index contributed by atoms with van der Waals surface area (Å²) in [6, 6.07) is 10.5. The average molecular weight is 380 g/mol. The number of thiophene rings is 1. The first kappa shape index (κ1) is 18.0. The molecule has 1 aliphatic heterocycles. The molecule has 5 heteroatoms. The third-order valence-electron chi connectivity index (χ3n) is 5.29. The molecule has 4 nitrogen and oxygen atoms in total. The Kier molecular flexibility index (Phi) is 4.87. The number of amides is 1. The minimum atomic E-state index is -0.0181. The number of nitrogens with zero attached hydrogens (tertiary/aromatic N) is 2. The van der Waals surface area contributed by atoms with Gasteiger partial charge in [0.15, 0.2) is 0 Å². The lowest BCUT2D eigenvalue weighted by Crippen LogP contribution is -2.41. The van der Waals surface area contributed by atoms with Crippen molar-refractivity contribution in [2.75, 3.05) is 23.3 Å². The second kappa shape index (κ2) is 7.31. The van der Waals surface area contributed by atoms with Gasteiger partial charge in [-0.15, -0.1) is 11.3 Å². The van der Waals surface area contributed by atoms with Gasteiger partial charge in [0.2, 0.25) is 5.91 Å². The van der Waals surface area contributed by atoms with E-state index >= 15 is 0 Å². The van der Waals surface area contributed by atoms with E-state index in [1.807, 2.05) is 26.1 Å². The summed E-state index contributed by atoms with van der Waals surface area (Å²) in [5, 5.41) is 4.35. The highest BCUT2D eigenvalue weighted by Crippen LogP contribution is 2.33. The molecule has 4 rings (SSSR count). The Hall–Kier alpha value is -2.40. The van der Waals surface area contributed by atoms with E-state index in [0.717, 1.165) is 48.6 Å². The highest BCUT2D eigenvalue weighted by atomic mass is 32.1. The van der Waals surface area contributed by atoms with Crippen LogP contribution in [0.1, 0.15) is 28.8 Å². The molecule has 0 aliphatic carbocycles. The number of rotatable bonds is 3. The van der Waals surface area contributed by atoms with Gasteiger partial charge < -0.3 is 10.2 Å². The van der Waals surface area contributed by atoms with Crippen LogP contribution in [-0.4, -0.2) is 24.0 Å². The maximum atomic E-state index is 12.9. The first-order chi connectivity index (χ1) is 13.0. The first-order valence-electron chi connectivity index (χ1n) is 9.49. The zero-order chi connectivity index (χ0) is 19.0. The largest absolute Gasteiger partial charge is 0.355 e. The third-order valence-corrected chi connectivity index (χ3v) is 6.31. The van der Waals surface area contributed by atoms with Gasteiger partial charge in [0.1, 0.15) is 5.82 Å². The normalized spacial score (nSPS) is 17.3. The molecule has 1 aromatic carbocycles. The number of fused-ring (bicyclic) bond motifs is 1. The molecule has 1 fully saturated rings. The van der Waals surface area contributed by atoms with Gasteiger partial charge in [-0.1, -0.05) is 12.1 Å². The molecule has 0 spiro atoms. The highest BCUT2D eigenvalue weighted by molar-refractivity contribution is 7.19. The molecule has 1 unspecified atom stereocenters. The molecule has 27 heavy (non-hydrogen) atoms. The van der Waals surface area contributed by atoms with Crippen molar-refractivity contribution in [3.05, 3.63) is 52.5 Å². The number of hydrogen-bond acceptors (Lipinski definition) is 4. The van der Waals surface area contributed by atoms with E-state index in [9.17, 15) is 4.79 Å². The molecular weight excluding hydrogens is 354 g/mol. The summed E-state index contributed by atoms with van der Waals surface area (Å²) in [5.74, 6) is 1.11. The topological polar surface area (TPSA) is 45.2 Å². The minimum absolute atomic E-state index is 0.0181. The number of benzene rings is 1. The molecule has 140 valence electrons. The van der Waals surface area contributed by atoms with Gasteiger partial charge in [-0.05, 0) is 62.9 Å². The van der Waals surface area contributed by atoms with Crippen LogP contribution in [0.3, 0.4) is 0 Å². The van der Waals surface area contributed by atoms with Crippen molar-refractivity contribution in [2.24, 2.45) is 5.92 Å². The molecule has 1 atom stereocenters. The summed E-state index contributed by atoms with van der Waals surface area (Å²) in [6.45, 7) is 7.88. The number of aromatic nitrogens is 1. The zero-order valence-corrected chi connectivity index (χ0v) is 16.9. The number of nitrogens with one attached hydrogen (secondary N) is 1. The van der Waals surface area contributed by atoms with E-state index < -0.39 is 0 Å². The molecule has 0 bridgehead atoms. The summed E-state index contributed by atoms with van der Waals surface area (Å²) < 4.78 is 1.26. The van der Waals surface area contributed by atoms with Crippen LogP contribution in [0.5, 0.6) is 0 Å². The smallest absolute Gasteiger partial charge is 0.229 e. The predicted octanol–water partition coefficient (Wildman–Crippen LogP) is 5.08. The van der Waals surface area contributed by atoms with Crippen LogP contribution in [0.25, 0.3) is 10.1 Å². The maximum Gasteiger partial charge on any atom is 0.229 e. The van der Waals surface area contributed by atoms with Crippen molar-refractivity contribution >= 4 is 38.8 Å².